The molecule has 21 heavy (non-hydrogen) atoms. The minimum atomic E-state index is -0.0692. The van der Waals surface area contributed by atoms with E-state index in [0.29, 0.717) is 17.5 Å². The first-order valence-corrected chi connectivity index (χ1v) is 8.81. The van der Waals surface area contributed by atoms with Crippen LogP contribution in [0.25, 0.3) is 0 Å². The van der Waals surface area contributed by atoms with Crippen molar-refractivity contribution in [3.63, 3.8) is 0 Å². The molecule has 1 heterocycles. The fraction of sp³-hybridized carbons (Fsp3) is 0.750. The smallest absolute Gasteiger partial charge is 0.273 e. The predicted octanol–water partition coefficient (Wildman–Crippen LogP) is 3.85. The van der Waals surface area contributed by atoms with E-state index >= 15 is 0 Å². The molecule has 0 aromatic carbocycles. The number of amides is 1. The van der Waals surface area contributed by atoms with Crippen molar-refractivity contribution >= 4 is 21.8 Å². The van der Waals surface area contributed by atoms with Gasteiger partial charge in [-0.05, 0) is 65.8 Å². The molecule has 2 fully saturated rings. The van der Waals surface area contributed by atoms with Crippen LogP contribution in [0.3, 0.4) is 0 Å². The van der Waals surface area contributed by atoms with Crippen LogP contribution in [-0.2, 0) is 0 Å². The average Bonchev–Trinajstić information content (AvgIpc) is 3.12. The van der Waals surface area contributed by atoms with Gasteiger partial charge in [0.2, 0.25) is 0 Å². The fourth-order valence-corrected chi connectivity index (χ4v) is 4.98. The molecule has 0 radical (unpaired) electrons. The number of fused-ring (bicyclic) bond motifs is 2. The lowest BCUT2D eigenvalue weighted by molar-refractivity contribution is 0.0909. The number of carbonyl (C=O) groups is 1. The summed E-state index contributed by atoms with van der Waals surface area (Å²) in [5.41, 5.74) is 1.46. The van der Waals surface area contributed by atoms with Crippen molar-refractivity contribution in [2.75, 3.05) is 0 Å². The molecule has 0 spiro atoms. The van der Waals surface area contributed by atoms with Crippen molar-refractivity contribution in [2.45, 2.75) is 58.4 Å². The monoisotopic (exact) mass is 353 g/mol. The summed E-state index contributed by atoms with van der Waals surface area (Å²) in [6.07, 6.45) is 5.39. The van der Waals surface area contributed by atoms with Crippen LogP contribution >= 0.6 is 15.9 Å². The molecule has 2 aliphatic carbocycles. The number of hydrogen-bond acceptors (Lipinski definition) is 2. The van der Waals surface area contributed by atoms with Crippen molar-refractivity contribution in [3.8, 4) is 0 Å². The fourth-order valence-electron chi connectivity index (χ4n) is 4.16. The molecule has 0 saturated heterocycles. The zero-order valence-electron chi connectivity index (χ0n) is 12.9. The van der Waals surface area contributed by atoms with Crippen LogP contribution in [0.5, 0.6) is 0 Å². The van der Waals surface area contributed by atoms with E-state index in [9.17, 15) is 4.79 Å². The molecule has 2 bridgehead atoms. The lowest BCUT2D eigenvalue weighted by Crippen LogP contribution is -2.40. The van der Waals surface area contributed by atoms with E-state index in [1.165, 1.54) is 25.7 Å². The molecule has 1 aromatic rings. The van der Waals surface area contributed by atoms with Crippen LogP contribution in [0.4, 0.5) is 0 Å². The molecular weight excluding hydrogens is 330 g/mol. The van der Waals surface area contributed by atoms with Gasteiger partial charge in [0, 0.05) is 6.04 Å². The first-order valence-electron chi connectivity index (χ1n) is 8.02. The topological polar surface area (TPSA) is 57.8 Å². The number of halogens is 1. The van der Waals surface area contributed by atoms with Gasteiger partial charge in [-0.3, -0.25) is 9.89 Å². The Bertz CT molecular complexity index is 540. The van der Waals surface area contributed by atoms with Crippen LogP contribution < -0.4 is 5.32 Å². The molecular formula is C16H24BrN3O. The number of hydrogen-bond donors (Lipinski definition) is 2. The molecule has 4 nitrogen and oxygen atoms in total. The maximum absolute atomic E-state index is 12.5. The third-order valence-corrected chi connectivity index (χ3v) is 6.12. The Morgan fingerprint density at radius 2 is 2.10 bits per heavy atom. The highest BCUT2D eigenvalue weighted by molar-refractivity contribution is 9.10. The van der Waals surface area contributed by atoms with Gasteiger partial charge >= 0.3 is 0 Å². The van der Waals surface area contributed by atoms with Gasteiger partial charge in [-0.15, -0.1) is 0 Å². The molecule has 2 N–H and O–H groups in total. The molecule has 116 valence electrons. The van der Waals surface area contributed by atoms with Crippen LogP contribution in [0, 0.1) is 17.8 Å². The number of aromatic amines is 1. The number of H-pyrrole nitrogens is 1. The predicted molar refractivity (Wildman–Crippen MR) is 86.2 cm³/mol. The number of nitrogens with one attached hydrogen (secondary N) is 2. The normalized spacial score (nSPS) is 29.1. The first kappa shape index (κ1) is 15.1. The zero-order valence-corrected chi connectivity index (χ0v) is 14.5. The highest BCUT2D eigenvalue weighted by Crippen LogP contribution is 2.49. The van der Waals surface area contributed by atoms with Gasteiger partial charge in [0.1, 0.15) is 0 Å². The third kappa shape index (κ3) is 2.77. The van der Waals surface area contributed by atoms with E-state index in [4.69, 9.17) is 0 Å². The molecule has 1 amide bonds. The lowest BCUT2D eigenvalue weighted by Gasteiger charge is -2.28. The lowest BCUT2D eigenvalue weighted by atomic mass is 9.84. The number of carbonyl (C=O) groups excluding carboxylic acids is 1. The maximum Gasteiger partial charge on any atom is 0.273 e. The van der Waals surface area contributed by atoms with Crippen LogP contribution in [-0.4, -0.2) is 22.1 Å². The Labute approximate surface area is 134 Å². The molecule has 2 aliphatic rings. The second-order valence-corrected chi connectivity index (χ2v) is 7.85. The summed E-state index contributed by atoms with van der Waals surface area (Å²) in [7, 11) is 0. The second kappa shape index (κ2) is 5.75. The molecule has 4 atom stereocenters. The Hall–Kier alpha value is -0.840. The van der Waals surface area contributed by atoms with Crippen LogP contribution in [0.15, 0.2) is 4.47 Å². The van der Waals surface area contributed by atoms with Crippen LogP contribution in [0.2, 0.25) is 0 Å². The van der Waals surface area contributed by atoms with E-state index in [1.54, 1.807) is 0 Å². The molecule has 4 unspecified atom stereocenters. The summed E-state index contributed by atoms with van der Waals surface area (Å²) < 4.78 is 0.801. The summed E-state index contributed by atoms with van der Waals surface area (Å²) in [6.45, 7) is 6.31. The molecule has 2 saturated carbocycles. The van der Waals surface area contributed by atoms with Gasteiger partial charge in [-0.25, -0.2) is 0 Å². The van der Waals surface area contributed by atoms with Crippen LogP contribution in [0.1, 0.15) is 68.6 Å². The van der Waals surface area contributed by atoms with Crippen molar-refractivity contribution in [2.24, 2.45) is 17.8 Å². The van der Waals surface area contributed by atoms with Gasteiger partial charge in [0.15, 0.2) is 5.69 Å². The van der Waals surface area contributed by atoms with E-state index in [1.807, 2.05) is 0 Å². The van der Waals surface area contributed by atoms with Crippen molar-refractivity contribution in [1.82, 2.24) is 15.5 Å². The summed E-state index contributed by atoms with van der Waals surface area (Å²) >= 11 is 3.50. The van der Waals surface area contributed by atoms with Gasteiger partial charge in [0.25, 0.3) is 5.91 Å². The number of nitrogens with zero attached hydrogens (tertiary/aromatic N) is 1. The quantitative estimate of drug-likeness (QED) is 0.863. The highest BCUT2D eigenvalue weighted by Gasteiger charge is 2.42. The second-order valence-electron chi connectivity index (χ2n) is 7.06. The van der Waals surface area contributed by atoms with E-state index in [0.717, 1.165) is 22.0 Å². The summed E-state index contributed by atoms with van der Waals surface area (Å²) in [5, 5.41) is 10.3. The Balaban J connectivity index is 1.66. The summed E-state index contributed by atoms with van der Waals surface area (Å²) in [5.74, 6) is 2.62. The van der Waals surface area contributed by atoms with Gasteiger partial charge < -0.3 is 5.32 Å². The van der Waals surface area contributed by atoms with Gasteiger partial charge in [-0.2, -0.15) is 5.10 Å². The Morgan fingerprint density at radius 1 is 1.33 bits per heavy atom. The van der Waals surface area contributed by atoms with Crippen molar-refractivity contribution in [1.29, 1.82) is 0 Å². The van der Waals surface area contributed by atoms with Gasteiger partial charge in [-0.1, -0.05) is 20.3 Å². The molecule has 1 aromatic heterocycles. The van der Waals surface area contributed by atoms with Crippen molar-refractivity contribution in [3.05, 3.63) is 15.9 Å². The number of rotatable bonds is 4. The van der Waals surface area contributed by atoms with E-state index < -0.39 is 0 Å². The number of aromatic nitrogens is 2. The SMILES string of the molecule is CC(C)c1[nH]nc(C(=O)NC(C)C2CC3CCC2C3)c1Br. The molecule has 3 rings (SSSR count). The Morgan fingerprint density at radius 3 is 2.62 bits per heavy atom. The highest BCUT2D eigenvalue weighted by atomic mass is 79.9. The average molecular weight is 354 g/mol. The largest absolute Gasteiger partial charge is 0.348 e. The maximum atomic E-state index is 12.5. The summed E-state index contributed by atoms with van der Waals surface area (Å²) in [4.78, 5) is 12.5. The minimum absolute atomic E-state index is 0.0692. The third-order valence-electron chi connectivity index (χ3n) is 5.32. The van der Waals surface area contributed by atoms with Crippen molar-refractivity contribution < 1.29 is 4.79 Å². The standard InChI is InChI=1S/C16H24BrN3O/c1-8(2)14-13(17)15(20-19-14)16(21)18-9(3)12-7-10-4-5-11(12)6-10/h8-12H,4-7H2,1-3H3,(H,18,21)(H,19,20). The molecule has 5 heteroatoms. The first-order chi connectivity index (χ1) is 9.97. The Kier molecular flexibility index (Phi) is 4.12. The van der Waals surface area contributed by atoms with E-state index in [2.05, 4.69) is 52.2 Å². The van der Waals surface area contributed by atoms with Gasteiger partial charge in [0.05, 0.1) is 10.2 Å². The minimum Gasteiger partial charge on any atom is -0.348 e. The summed E-state index contributed by atoms with van der Waals surface area (Å²) in [6, 6.07) is 0.235. The zero-order chi connectivity index (χ0) is 15.1. The van der Waals surface area contributed by atoms with E-state index in [-0.39, 0.29) is 11.9 Å². The molecule has 0 aliphatic heterocycles.